The average molecular weight is 290 g/mol. The Bertz CT molecular complexity index is 572. The standard InChI is InChI=1S/C16H16ClNO2/c1-18(11-13-6-5-7-14(17)10-13)16(19)12-20-15-8-3-2-4-9-15/h2-10H,11-12H2,1H3. The van der Waals surface area contributed by atoms with Crippen molar-refractivity contribution in [1.82, 2.24) is 4.90 Å². The summed E-state index contributed by atoms with van der Waals surface area (Å²) >= 11 is 5.92. The zero-order valence-electron chi connectivity index (χ0n) is 11.3. The summed E-state index contributed by atoms with van der Waals surface area (Å²) in [4.78, 5) is 13.6. The molecule has 0 saturated heterocycles. The van der Waals surface area contributed by atoms with Crippen molar-refractivity contribution in [3.05, 3.63) is 65.2 Å². The Hall–Kier alpha value is -2.00. The molecule has 2 rings (SSSR count). The molecule has 2 aromatic rings. The predicted molar refractivity (Wildman–Crippen MR) is 79.9 cm³/mol. The van der Waals surface area contributed by atoms with Gasteiger partial charge in [-0.25, -0.2) is 0 Å². The molecule has 0 unspecified atom stereocenters. The Morgan fingerprint density at radius 2 is 1.90 bits per heavy atom. The summed E-state index contributed by atoms with van der Waals surface area (Å²) in [6, 6.07) is 16.8. The van der Waals surface area contributed by atoms with Gasteiger partial charge in [-0.3, -0.25) is 4.79 Å². The van der Waals surface area contributed by atoms with Crippen molar-refractivity contribution in [2.24, 2.45) is 0 Å². The number of carbonyl (C=O) groups is 1. The van der Waals surface area contributed by atoms with Crippen LogP contribution in [-0.2, 0) is 11.3 Å². The number of nitrogens with zero attached hydrogens (tertiary/aromatic N) is 1. The van der Waals surface area contributed by atoms with Gasteiger partial charge in [-0.2, -0.15) is 0 Å². The second-order valence-corrected chi connectivity index (χ2v) is 4.92. The maximum Gasteiger partial charge on any atom is 0.260 e. The van der Waals surface area contributed by atoms with E-state index in [9.17, 15) is 4.79 Å². The third kappa shape index (κ3) is 4.28. The fraction of sp³-hybridized carbons (Fsp3) is 0.188. The van der Waals surface area contributed by atoms with Crippen LogP contribution in [0.15, 0.2) is 54.6 Å². The molecule has 0 aliphatic carbocycles. The van der Waals surface area contributed by atoms with Crippen molar-refractivity contribution in [1.29, 1.82) is 0 Å². The Balaban J connectivity index is 1.86. The summed E-state index contributed by atoms with van der Waals surface area (Å²) in [6.07, 6.45) is 0. The van der Waals surface area contributed by atoms with Gasteiger partial charge in [0.1, 0.15) is 5.75 Å². The van der Waals surface area contributed by atoms with E-state index >= 15 is 0 Å². The van der Waals surface area contributed by atoms with Crippen LogP contribution in [0.5, 0.6) is 5.75 Å². The van der Waals surface area contributed by atoms with Crippen LogP contribution in [0.3, 0.4) is 0 Å². The molecule has 3 nitrogen and oxygen atoms in total. The van der Waals surface area contributed by atoms with Crippen LogP contribution < -0.4 is 4.74 Å². The van der Waals surface area contributed by atoms with E-state index in [0.29, 0.717) is 17.3 Å². The molecule has 0 fully saturated rings. The molecule has 0 aliphatic heterocycles. The predicted octanol–water partition coefficient (Wildman–Crippen LogP) is 3.38. The van der Waals surface area contributed by atoms with Crippen molar-refractivity contribution in [2.45, 2.75) is 6.54 Å². The van der Waals surface area contributed by atoms with E-state index in [-0.39, 0.29) is 12.5 Å². The Labute approximate surface area is 123 Å². The van der Waals surface area contributed by atoms with Gasteiger partial charge in [0.05, 0.1) is 0 Å². The lowest BCUT2D eigenvalue weighted by molar-refractivity contribution is -0.132. The van der Waals surface area contributed by atoms with E-state index in [4.69, 9.17) is 16.3 Å². The van der Waals surface area contributed by atoms with Crippen LogP contribution in [-0.4, -0.2) is 24.5 Å². The molecule has 2 aromatic carbocycles. The Morgan fingerprint density at radius 1 is 1.15 bits per heavy atom. The topological polar surface area (TPSA) is 29.5 Å². The number of rotatable bonds is 5. The third-order valence-corrected chi connectivity index (χ3v) is 3.08. The minimum atomic E-state index is -0.0752. The van der Waals surface area contributed by atoms with Crippen molar-refractivity contribution in [3.63, 3.8) is 0 Å². The first-order chi connectivity index (χ1) is 9.65. The molecule has 20 heavy (non-hydrogen) atoms. The fourth-order valence-corrected chi connectivity index (χ4v) is 1.98. The number of likely N-dealkylation sites (N-methyl/N-ethyl adjacent to an activating group) is 1. The average Bonchev–Trinajstić information content (AvgIpc) is 2.46. The van der Waals surface area contributed by atoms with Gasteiger partial charge >= 0.3 is 0 Å². The summed E-state index contributed by atoms with van der Waals surface area (Å²) in [5, 5.41) is 0.670. The van der Waals surface area contributed by atoms with Crippen LogP contribution in [0.1, 0.15) is 5.56 Å². The number of hydrogen-bond donors (Lipinski definition) is 0. The second kappa shape index (κ2) is 6.96. The summed E-state index contributed by atoms with van der Waals surface area (Å²) in [5.41, 5.74) is 0.994. The van der Waals surface area contributed by atoms with E-state index in [0.717, 1.165) is 5.56 Å². The van der Waals surface area contributed by atoms with Crippen LogP contribution in [0.25, 0.3) is 0 Å². The Kier molecular flexibility index (Phi) is 5.02. The molecule has 0 saturated carbocycles. The molecular formula is C16H16ClNO2. The van der Waals surface area contributed by atoms with Crippen LogP contribution in [0, 0.1) is 0 Å². The van der Waals surface area contributed by atoms with E-state index in [1.165, 1.54) is 0 Å². The lowest BCUT2D eigenvalue weighted by Gasteiger charge is -2.17. The van der Waals surface area contributed by atoms with Crippen molar-refractivity contribution in [2.75, 3.05) is 13.7 Å². The lowest BCUT2D eigenvalue weighted by Crippen LogP contribution is -2.30. The molecule has 0 spiro atoms. The van der Waals surface area contributed by atoms with E-state index in [1.54, 1.807) is 11.9 Å². The minimum Gasteiger partial charge on any atom is -0.484 e. The molecule has 1 amide bonds. The lowest BCUT2D eigenvalue weighted by atomic mass is 10.2. The molecule has 0 bridgehead atoms. The molecule has 0 radical (unpaired) electrons. The van der Waals surface area contributed by atoms with Gasteiger partial charge < -0.3 is 9.64 Å². The summed E-state index contributed by atoms with van der Waals surface area (Å²) in [7, 11) is 1.75. The number of benzene rings is 2. The van der Waals surface area contributed by atoms with E-state index in [1.807, 2.05) is 54.6 Å². The van der Waals surface area contributed by atoms with E-state index in [2.05, 4.69) is 0 Å². The highest BCUT2D eigenvalue weighted by Crippen LogP contribution is 2.12. The Morgan fingerprint density at radius 3 is 2.60 bits per heavy atom. The summed E-state index contributed by atoms with van der Waals surface area (Å²) < 4.78 is 5.43. The van der Waals surface area contributed by atoms with E-state index < -0.39 is 0 Å². The number of halogens is 1. The normalized spacial score (nSPS) is 10.1. The van der Waals surface area contributed by atoms with Crippen LogP contribution in [0.4, 0.5) is 0 Å². The maximum atomic E-state index is 12.0. The first-order valence-electron chi connectivity index (χ1n) is 6.31. The smallest absolute Gasteiger partial charge is 0.260 e. The number of amides is 1. The van der Waals surface area contributed by atoms with Gasteiger partial charge in [0.2, 0.25) is 0 Å². The third-order valence-electron chi connectivity index (χ3n) is 2.84. The molecule has 0 aromatic heterocycles. The van der Waals surface area contributed by atoms with Crippen molar-refractivity contribution < 1.29 is 9.53 Å². The maximum absolute atomic E-state index is 12.0. The molecule has 0 N–H and O–H groups in total. The van der Waals surface area contributed by atoms with Gasteiger partial charge in [0, 0.05) is 18.6 Å². The zero-order chi connectivity index (χ0) is 14.4. The highest BCUT2D eigenvalue weighted by atomic mass is 35.5. The first kappa shape index (κ1) is 14.4. The quantitative estimate of drug-likeness (QED) is 0.844. The van der Waals surface area contributed by atoms with Gasteiger partial charge in [-0.15, -0.1) is 0 Å². The number of para-hydroxylation sites is 1. The van der Waals surface area contributed by atoms with Gasteiger partial charge in [0.25, 0.3) is 5.91 Å². The molecular weight excluding hydrogens is 274 g/mol. The van der Waals surface area contributed by atoms with Gasteiger partial charge in [0.15, 0.2) is 6.61 Å². The van der Waals surface area contributed by atoms with Gasteiger partial charge in [-0.05, 0) is 29.8 Å². The number of ether oxygens (including phenoxy) is 1. The molecule has 4 heteroatoms. The molecule has 104 valence electrons. The second-order valence-electron chi connectivity index (χ2n) is 4.48. The highest BCUT2D eigenvalue weighted by molar-refractivity contribution is 6.30. The number of carbonyl (C=O) groups excluding carboxylic acids is 1. The fourth-order valence-electron chi connectivity index (χ4n) is 1.77. The van der Waals surface area contributed by atoms with Crippen LogP contribution >= 0.6 is 11.6 Å². The molecule has 0 heterocycles. The molecule has 0 atom stereocenters. The van der Waals surface area contributed by atoms with Crippen LogP contribution in [0.2, 0.25) is 5.02 Å². The monoisotopic (exact) mass is 289 g/mol. The highest BCUT2D eigenvalue weighted by Gasteiger charge is 2.10. The molecule has 0 aliphatic rings. The SMILES string of the molecule is CN(Cc1cccc(Cl)c1)C(=O)COc1ccccc1. The van der Waals surface area contributed by atoms with Crippen molar-refractivity contribution >= 4 is 17.5 Å². The largest absolute Gasteiger partial charge is 0.484 e. The zero-order valence-corrected chi connectivity index (χ0v) is 12.0. The summed E-state index contributed by atoms with van der Waals surface area (Å²) in [6.45, 7) is 0.540. The van der Waals surface area contributed by atoms with Crippen molar-refractivity contribution in [3.8, 4) is 5.75 Å². The van der Waals surface area contributed by atoms with Gasteiger partial charge in [-0.1, -0.05) is 41.9 Å². The summed E-state index contributed by atoms with van der Waals surface area (Å²) in [5.74, 6) is 0.617. The first-order valence-corrected chi connectivity index (χ1v) is 6.69. The minimum absolute atomic E-state index is 0.0288. The number of hydrogen-bond acceptors (Lipinski definition) is 2.